The first-order chi connectivity index (χ1) is 16.2. The van der Waals surface area contributed by atoms with Crippen molar-refractivity contribution in [1.82, 2.24) is 9.80 Å². The first-order valence-electron chi connectivity index (χ1n) is 12.1. The summed E-state index contributed by atoms with van der Waals surface area (Å²) in [6, 6.07) is 8.81. The molecule has 34 heavy (non-hydrogen) atoms. The van der Waals surface area contributed by atoms with E-state index in [4.69, 9.17) is 27.9 Å². The quantitative estimate of drug-likeness (QED) is 0.437. The maximum Gasteiger partial charge on any atom is 0.256 e. The third-order valence-electron chi connectivity index (χ3n) is 7.17. The van der Waals surface area contributed by atoms with Gasteiger partial charge >= 0.3 is 0 Å². The number of likely N-dealkylation sites (tertiary alicyclic amines) is 2. The Hall–Kier alpha value is -1.82. The molecule has 1 aliphatic carbocycles. The van der Waals surface area contributed by atoms with E-state index in [9.17, 15) is 4.79 Å². The third kappa shape index (κ3) is 5.22. The van der Waals surface area contributed by atoms with Gasteiger partial charge in [0.1, 0.15) is 11.6 Å². The van der Waals surface area contributed by atoms with Crippen LogP contribution in [0, 0.1) is 17.2 Å². The van der Waals surface area contributed by atoms with Crippen LogP contribution in [0.4, 0.5) is 4.39 Å². The second-order valence-corrected chi connectivity index (χ2v) is 11.7. The van der Waals surface area contributed by atoms with Crippen LogP contribution in [0.25, 0.3) is 0 Å². The van der Waals surface area contributed by atoms with Crippen LogP contribution >= 0.6 is 23.2 Å². The fourth-order valence-electron chi connectivity index (χ4n) is 5.31. The molecule has 2 aliphatic heterocycles. The van der Waals surface area contributed by atoms with Gasteiger partial charge in [-0.15, -0.1) is 0 Å². The number of amides is 1. The van der Waals surface area contributed by atoms with Crippen molar-refractivity contribution in [2.24, 2.45) is 11.3 Å². The zero-order valence-electron chi connectivity index (χ0n) is 19.8. The SMILES string of the molecule is C[C@H]1CCN(C(=O)c2cc(C3CC3)c(OCC3(C)CN(Cc4cc(Cl)cc(Cl)c4)C3)cc2F)C1. The average Bonchev–Trinajstić information content (AvgIpc) is 3.50. The van der Waals surface area contributed by atoms with E-state index in [-0.39, 0.29) is 16.9 Å². The topological polar surface area (TPSA) is 32.8 Å². The number of nitrogens with zero attached hydrogens (tertiary/aromatic N) is 2. The molecule has 7 heteroatoms. The van der Waals surface area contributed by atoms with Gasteiger partial charge in [-0.25, -0.2) is 4.39 Å². The maximum atomic E-state index is 15.0. The van der Waals surface area contributed by atoms with Gasteiger partial charge in [-0.1, -0.05) is 37.0 Å². The lowest BCUT2D eigenvalue weighted by Crippen LogP contribution is -2.56. The minimum atomic E-state index is -0.484. The van der Waals surface area contributed by atoms with Crippen molar-refractivity contribution >= 4 is 29.1 Å². The Morgan fingerprint density at radius 3 is 2.44 bits per heavy atom. The zero-order chi connectivity index (χ0) is 24.0. The molecule has 0 bridgehead atoms. The second kappa shape index (κ2) is 9.33. The number of hydrogen-bond donors (Lipinski definition) is 0. The van der Waals surface area contributed by atoms with Crippen LogP contribution in [-0.2, 0) is 6.54 Å². The molecule has 0 unspecified atom stereocenters. The van der Waals surface area contributed by atoms with Gasteiger partial charge in [0.15, 0.2) is 0 Å². The lowest BCUT2D eigenvalue weighted by Gasteiger charge is -2.48. The van der Waals surface area contributed by atoms with Crippen molar-refractivity contribution in [3.05, 3.63) is 62.9 Å². The molecule has 2 aromatic carbocycles. The fraction of sp³-hybridized carbons (Fsp3) is 0.519. The summed E-state index contributed by atoms with van der Waals surface area (Å²) in [4.78, 5) is 17.0. The monoisotopic (exact) mass is 504 g/mol. The van der Waals surface area contributed by atoms with Crippen molar-refractivity contribution in [2.45, 2.75) is 45.6 Å². The summed E-state index contributed by atoms with van der Waals surface area (Å²) in [7, 11) is 0. The van der Waals surface area contributed by atoms with Crippen LogP contribution in [0.15, 0.2) is 30.3 Å². The van der Waals surface area contributed by atoms with Crippen molar-refractivity contribution in [1.29, 1.82) is 0 Å². The van der Waals surface area contributed by atoms with E-state index in [1.54, 1.807) is 17.0 Å². The molecule has 2 saturated heterocycles. The predicted molar refractivity (Wildman–Crippen MR) is 133 cm³/mol. The molecule has 1 atom stereocenters. The standard InChI is InChI=1S/C27H31Cl2FN2O2/c1-17-5-6-32(12-17)26(33)23-10-22(19-3-4-19)25(11-24(23)30)34-16-27(2)14-31(15-27)13-18-7-20(28)9-21(29)8-18/h7-11,17,19H,3-6,12-16H2,1-2H3/t17-/m0/s1. The average molecular weight is 505 g/mol. The number of carbonyl (C=O) groups is 1. The van der Waals surface area contributed by atoms with Gasteiger partial charge in [0.2, 0.25) is 0 Å². The van der Waals surface area contributed by atoms with E-state index >= 15 is 4.39 Å². The van der Waals surface area contributed by atoms with Crippen LogP contribution in [0.2, 0.25) is 10.0 Å². The molecule has 5 rings (SSSR count). The molecule has 4 nitrogen and oxygen atoms in total. The Balaban J connectivity index is 1.23. The van der Waals surface area contributed by atoms with Crippen LogP contribution in [0.5, 0.6) is 5.75 Å². The Labute approximate surface area is 211 Å². The number of benzene rings is 2. The summed E-state index contributed by atoms with van der Waals surface area (Å²) in [6.45, 7) is 8.76. The molecule has 2 heterocycles. The Kier molecular flexibility index (Phi) is 6.56. The van der Waals surface area contributed by atoms with Gasteiger partial charge < -0.3 is 9.64 Å². The van der Waals surface area contributed by atoms with E-state index < -0.39 is 5.82 Å². The molecule has 3 fully saturated rings. The van der Waals surface area contributed by atoms with E-state index in [1.807, 2.05) is 12.1 Å². The minimum Gasteiger partial charge on any atom is -0.493 e. The van der Waals surface area contributed by atoms with E-state index in [1.165, 1.54) is 6.07 Å². The number of carbonyl (C=O) groups excluding carboxylic acids is 1. The second-order valence-electron chi connectivity index (χ2n) is 10.8. The molecule has 0 radical (unpaired) electrons. The third-order valence-corrected chi connectivity index (χ3v) is 7.61. The van der Waals surface area contributed by atoms with Gasteiger partial charge in [-0.2, -0.15) is 0 Å². The summed E-state index contributed by atoms with van der Waals surface area (Å²) in [5, 5.41) is 1.29. The van der Waals surface area contributed by atoms with E-state index in [0.29, 0.717) is 47.3 Å². The summed E-state index contributed by atoms with van der Waals surface area (Å²) >= 11 is 12.2. The molecule has 1 saturated carbocycles. The van der Waals surface area contributed by atoms with Gasteiger partial charge in [0, 0.05) is 54.3 Å². The molecular weight excluding hydrogens is 474 g/mol. The summed E-state index contributed by atoms with van der Waals surface area (Å²) in [5.41, 5.74) is 2.24. The highest BCUT2D eigenvalue weighted by molar-refractivity contribution is 6.34. The van der Waals surface area contributed by atoms with Crippen molar-refractivity contribution in [2.75, 3.05) is 32.8 Å². The lowest BCUT2D eigenvalue weighted by molar-refractivity contribution is -0.0247. The van der Waals surface area contributed by atoms with Crippen LogP contribution in [0.3, 0.4) is 0 Å². The Morgan fingerprint density at radius 2 is 1.82 bits per heavy atom. The number of ether oxygens (including phenoxy) is 1. The van der Waals surface area contributed by atoms with Gasteiger partial charge in [0.25, 0.3) is 5.91 Å². The van der Waals surface area contributed by atoms with Crippen LogP contribution < -0.4 is 4.74 Å². The molecule has 2 aromatic rings. The molecule has 3 aliphatic rings. The number of halogens is 3. The summed E-state index contributed by atoms with van der Waals surface area (Å²) < 4.78 is 21.2. The first-order valence-corrected chi connectivity index (χ1v) is 12.9. The number of hydrogen-bond acceptors (Lipinski definition) is 3. The first kappa shape index (κ1) is 23.9. The molecule has 1 amide bonds. The zero-order valence-corrected chi connectivity index (χ0v) is 21.3. The highest BCUT2D eigenvalue weighted by Crippen LogP contribution is 2.46. The van der Waals surface area contributed by atoms with Gasteiger partial charge in [0.05, 0.1) is 12.2 Å². The molecule has 0 spiro atoms. The van der Waals surface area contributed by atoms with Gasteiger partial charge in [-0.3, -0.25) is 9.69 Å². The minimum absolute atomic E-state index is 0.0140. The Morgan fingerprint density at radius 1 is 1.12 bits per heavy atom. The Bertz CT molecular complexity index is 1080. The van der Waals surface area contributed by atoms with E-state index in [0.717, 1.165) is 50.0 Å². The largest absolute Gasteiger partial charge is 0.493 e. The molecule has 0 N–H and O–H groups in total. The highest BCUT2D eigenvalue weighted by Gasteiger charge is 2.40. The van der Waals surface area contributed by atoms with Gasteiger partial charge in [-0.05, 0) is 66.5 Å². The van der Waals surface area contributed by atoms with Crippen molar-refractivity contribution < 1.29 is 13.9 Å². The molecule has 0 aromatic heterocycles. The summed E-state index contributed by atoms with van der Waals surface area (Å²) in [5.74, 6) is 0.738. The van der Waals surface area contributed by atoms with Crippen molar-refractivity contribution in [3.8, 4) is 5.75 Å². The lowest BCUT2D eigenvalue weighted by atomic mass is 9.82. The summed E-state index contributed by atoms with van der Waals surface area (Å²) in [6.07, 6.45) is 3.09. The van der Waals surface area contributed by atoms with E-state index in [2.05, 4.69) is 18.7 Å². The van der Waals surface area contributed by atoms with Crippen LogP contribution in [0.1, 0.15) is 60.5 Å². The number of rotatable bonds is 7. The molecule has 182 valence electrons. The fourth-order valence-corrected chi connectivity index (χ4v) is 5.88. The van der Waals surface area contributed by atoms with Crippen LogP contribution in [-0.4, -0.2) is 48.5 Å². The highest BCUT2D eigenvalue weighted by atomic mass is 35.5. The molecular formula is C27H31Cl2FN2O2. The normalized spacial score (nSPS) is 22.0. The smallest absolute Gasteiger partial charge is 0.256 e. The maximum absolute atomic E-state index is 15.0. The van der Waals surface area contributed by atoms with Crippen molar-refractivity contribution in [3.63, 3.8) is 0 Å². The predicted octanol–water partition coefficient (Wildman–Crippen LogP) is 6.39.